The van der Waals surface area contributed by atoms with Gasteiger partial charge in [-0.1, -0.05) is 6.42 Å². The molecule has 25 heavy (non-hydrogen) atoms. The van der Waals surface area contributed by atoms with Crippen molar-refractivity contribution in [1.29, 1.82) is 0 Å². The highest BCUT2D eigenvalue weighted by Crippen LogP contribution is 1.97. The second kappa shape index (κ2) is 12.5. The maximum Gasteiger partial charge on any atom is 0.327 e. The third kappa shape index (κ3) is 9.89. The Morgan fingerprint density at radius 2 is 1.76 bits per heavy atom. The summed E-state index contributed by atoms with van der Waals surface area (Å²) in [5.41, 5.74) is 11.0. The molecule has 3 amide bonds. The van der Waals surface area contributed by atoms with Gasteiger partial charge in [0.15, 0.2) is 0 Å². The molecule has 0 fully saturated rings. The van der Waals surface area contributed by atoms with Crippen molar-refractivity contribution in [2.45, 2.75) is 44.3 Å². The van der Waals surface area contributed by atoms with Gasteiger partial charge in [0.05, 0.1) is 12.6 Å². The molecular formula is C14H27N5O5S. The maximum atomic E-state index is 11.8. The molecule has 0 rings (SSSR count). The Morgan fingerprint density at radius 1 is 1.12 bits per heavy atom. The van der Waals surface area contributed by atoms with E-state index in [1.54, 1.807) is 0 Å². The summed E-state index contributed by atoms with van der Waals surface area (Å²) in [5.74, 6) is -3.04. The van der Waals surface area contributed by atoms with Crippen LogP contribution in [0.1, 0.15) is 26.2 Å². The van der Waals surface area contributed by atoms with Gasteiger partial charge in [-0.25, -0.2) is 4.79 Å². The van der Waals surface area contributed by atoms with Crippen molar-refractivity contribution in [2.75, 3.05) is 18.8 Å². The molecule has 0 aliphatic rings. The molecule has 144 valence electrons. The molecule has 0 radical (unpaired) electrons. The lowest BCUT2D eigenvalue weighted by Crippen LogP contribution is -2.53. The Balaban J connectivity index is 4.21. The number of carbonyl (C=O) groups excluding carboxylic acids is 3. The second-order valence-electron chi connectivity index (χ2n) is 5.48. The molecule has 0 aromatic rings. The molecule has 8 N–H and O–H groups in total. The summed E-state index contributed by atoms with van der Waals surface area (Å²) < 4.78 is 0. The molecule has 3 unspecified atom stereocenters. The fourth-order valence-electron chi connectivity index (χ4n) is 1.78. The van der Waals surface area contributed by atoms with Crippen LogP contribution in [0.4, 0.5) is 0 Å². The largest absolute Gasteiger partial charge is 0.480 e. The molecule has 10 nitrogen and oxygen atoms in total. The maximum absolute atomic E-state index is 11.8. The Labute approximate surface area is 151 Å². The topological polar surface area (TPSA) is 177 Å². The van der Waals surface area contributed by atoms with Gasteiger partial charge in [-0.15, -0.1) is 0 Å². The summed E-state index contributed by atoms with van der Waals surface area (Å²) in [6.07, 6.45) is 1.94. The van der Waals surface area contributed by atoms with Crippen molar-refractivity contribution >= 4 is 36.3 Å². The lowest BCUT2D eigenvalue weighted by molar-refractivity contribution is -0.141. The summed E-state index contributed by atoms with van der Waals surface area (Å²) in [6, 6.07) is -2.85. The van der Waals surface area contributed by atoms with Crippen LogP contribution in [0.3, 0.4) is 0 Å². The average Bonchev–Trinajstić information content (AvgIpc) is 2.56. The van der Waals surface area contributed by atoms with E-state index >= 15 is 0 Å². The monoisotopic (exact) mass is 377 g/mol. The van der Waals surface area contributed by atoms with Gasteiger partial charge in [0.1, 0.15) is 12.1 Å². The highest BCUT2D eigenvalue weighted by molar-refractivity contribution is 7.80. The van der Waals surface area contributed by atoms with Crippen molar-refractivity contribution in [3.63, 3.8) is 0 Å². The van der Waals surface area contributed by atoms with E-state index < -0.39 is 41.8 Å². The zero-order valence-corrected chi connectivity index (χ0v) is 15.1. The van der Waals surface area contributed by atoms with Crippen LogP contribution < -0.4 is 27.4 Å². The normalized spacial score (nSPS) is 14.1. The van der Waals surface area contributed by atoms with E-state index in [1.807, 2.05) is 0 Å². The summed E-state index contributed by atoms with van der Waals surface area (Å²) in [4.78, 5) is 46.1. The SMILES string of the molecule is CC(NC(=O)CNC(=O)C(N)CCCCN)C(=O)NC(CS)C(=O)O. The molecular weight excluding hydrogens is 350 g/mol. The predicted molar refractivity (Wildman–Crippen MR) is 94.9 cm³/mol. The van der Waals surface area contributed by atoms with Gasteiger partial charge < -0.3 is 32.5 Å². The van der Waals surface area contributed by atoms with Gasteiger partial charge in [0, 0.05) is 5.75 Å². The number of carboxylic acids is 1. The number of amides is 3. The van der Waals surface area contributed by atoms with Crippen LogP contribution >= 0.6 is 12.6 Å². The molecule has 0 saturated carbocycles. The first-order valence-corrected chi connectivity index (χ1v) is 8.52. The third-order valence-electron chi connectivity index (χ3n) is 3.30. The molecule has 11 heteroatoms. The van der Waals surface area contributed by atoms with Crippen LogP contribution in [0, 0.1) is 0 Å². The third-order valence-corrected chi connectivity index (χ3v) is 3.66. The number of nitrogens with one attached hydrogen (secondary N) is 3. The van der Waals surface area contributed by atoms with Crippen molar-refractivity contribution < 1.29 is 24.3 Å². The van der Waals surface area contributed by atoms with E-state index in [2.05, 4.69) is 28.6 Å². The van der Waals surface area contributed by atoms with E-state index in [0.29, 0.717) is 19.4 Å². The van der Waals surface area contributed by atoms with Gasteiger partial charge >= 0.3 is 5.97 Å². The average molecular weight is 377 g/mol. The quantitative estimate of drug-likeness (QED) is 0.146. The molecule has 0 aliphatic carbocycles. The Morgan fingerprint density at radius 3 is 2.28 bits per heavy atom. The van der Waals surface area contributed by atoms with Crippen LogP contribution in [-0.4, -0.2) is 65.8 Å². The Hall–Kier alpha value is -1.85. The highest BCUT2D eigenvalue weighted by atomic mass is 32.1. The van der Waals surface area contributed by atoms with Gasteiger partial charge in [-0.05, 0) is 26.3 Å². The van der Waals surface area contributed by atoms with Gasteiger partial charge in [-0.2, -0.15) is 12.6 Å². The molecule has 0 saturated heterocycles. The van der Waals surface area contributed by atoms with Crippen LogP contribution in [-0.2, 0) is 19.2 Å². The van der Waals surface area contributed by atoms with Crippen molar-refractivity contribution in [1.82, 2.24) is 16.0 Å². The van der Waals surface area contributed by atoms with Crippen molar-refractivity contribution in [3.8, 4) is 0 Å². The standard InChI is InChI=1S/C14H27N5O5S/c1-8(12(21)19-10(7-25)14(23)24)18-11(20)6-17-13(22)9(16)4-2-3-5-15/h8-10,25H,2-7,15-16H2,1H3,(H,17,22)(H,18,20)(H,19,21)(H,23,24). The summed E-state index contributed by atoms with van der Waals surface area (Å²) in [6.45, 7) is 1.58. The van der Waals surface area contributed by atoms with Crippen LogP contribution in [0.2, 0.25) is 0 Å². The number of unbranched alkanes of at least 4 members (excludes halogenated alkanes) is 1. The fourth-order valence-corrected chi connectivity index (χ4v) is 2.03. The second-order valence-corrected chi connectivity index (χ2v) is 5.85. The first kappa shape index (κ1) is 23.1. The summed E-state index contributed by atoms with van der Waals surface area (Å²) in [7, 11) is 0. The fraction of sp³-hybridized carbons (Fsp3) is 0.714. The lowest BCUT2D eigenvalue weighted by atomic mass is 10.1. The summed E-state index contributed by atoms with van der Waals surface area (Å²) >= 11 is 3.82. The predicted octanol–water partition coefficient (Wildman–Crippen LogP) is -2.44. The molecule has 0 heterocycles. The number of thiol groups is 1. The van der Waals surface area contributed by atoms with Gasteiger partial charge in [-0.3, -0.25) is 14.4 Å². The van der Waals surface area contributed by atoms with E-state index in [9.17, 15) is 19.2 Å². The first-order chi connectivity index (χ1) is 11.7. The number of aliphatic carboxylic acids is 1. The van der Waals surface area contributed by atoms with Crippen LogP contribution in [0.25, 0.3) is 0 Å². The van der Waals surface area contributed by atoms with Crippen molar-refractivity contribution in [3.05, 3.63) is 0 Å². The first-order valence-electron chi connectivity index (χ1n) is 7.89. The number of carbonyl (C=O) groups is 4. The van der Waals surface area contributed by atoms with Crippen molar-refractivity contribution in [2.24, 2.45) is 11.5 Å². The molecule has 0 spiro atoms. The van der Waals surface area contributed by atoms with E-state index in [-0.39, 0.29) is 12.3 Å². The minimum Gasteiger partial charge on any atom is -0.480 e. The molecule has 0 aliphatic heterocycles. The van der Waals surface area contributed by atoms with Gasteiger partial charge in [0.2, 0.25) is 17.7 Å². The number of hydrogen-bond acceptors (Lipinski definition) is 7. The number of hydrogen-bond donors (Lipinski definition) is 7. The minimum absolute atomic E-state index is 0.0835. The Bertz CT molecular complexity index is 477. The Kier molecular flexibility index (Phi) is 11.6. The van der Waals surface area contributed by atoms with E-state index in [1.165, 1.54) is 6.92 Å². The van der Waals surface area contributed by atoms with E-state index in [0.717, 1.165) is 6.42 Å². The molecule has 0 bridgehead atoms. The molecule has 0 aromatic heterocycles. The molecule has 0 aromatic carbocycles. The van der Waals surface area contributed by atoms with Crippen LogP contribution in [0.15, 0.2) is 0 Å². The number of carboxylic acid groups (broad SMARTS) is 1. The zero-order valence-electron chi connectivity index (χ0n) is 14.2. The van der Waals surface area contributed by atoms with Gasteiger partial charge in [0.25, 0.3) is 0 Å². The van der Waals surface area contributed by atoms with E-state index in [4.69, 9.17) is 16.6 Å². The number of nitrogens with two attached hydrogens (primary N) is 2. The highest BCUT2D eigenvalue weighted by Gasteiger charge is 2.23. The van der Waals surface area contributed by atoms with Crippen LogP contribution in [0.5, 0.6) is 0 Å². The smallest absolute Gasteiger partial charge is 0.327 e. The minimum atomic E-state index is -1.22. The lowest BCUT2D eigenvalue weighted by Gasteiger charge is -2.18. The zero-order chi connectivity index (χ0) is 19.4. The number of rotatable bonds is 12. The summed E-state index contributed by atoms with van der Waals surface area (Å²) in [5, 5.41) is 15.8. The molecule has 3 atom stereocenters.